The van der Waals surface area contributed by atoms with E-state index >= 15 is 0 Å². The van der Waals surface area contributed by atoms with Crippen molar-refractivity contribution in [3.63, 3.8) is 0 Å². The highest BCUT2D eigenvalue weighted by Gasteiger charge is 2.53. The van der Waals surface area contributed by atoms with Gasteiger partial charge in [-0.05, 0) is 51.2 Å². The maximum absolute atomic E-state index is 13.2. The predicted molar refractivity (Wildman–Crippen MR) is 140 cm³/mol. The molecule has 0 bridgehead atoms. The van der Waals surface area contributed by atoms with Crippen LogP contribution in [0.3, 0.4) is 0 Å². The summed E-state index contributed by atoms with van der Waals surface area (Å²) >= 11 is 1.45. The Hall–Kier alpha value is -1.74. The van der Waals surface area contributed by atoms with Gasteiger partial charge < -0.3 is 24.8 Å². The lowest BCUT2D eigenvalue weighted by molar-refractivity contribution is -0.154. The summed E-state index contributed by atoms with van der Waals surface area (Å²) in [6, 6.07) is 0. The van der Waals surface area contributed by atoms with Gasteiger partial charge in [-0.15, -0.1) is 11.3 Å². The molecule has 8 heteroatoms. The first-order valence-electron chi connectivity index (χ1n) is 12.9. The zero-order valence-corrected chi connectivity index (χ0v) is 23.4. The van der Waals surface area contributed by atoms with Crippen LogP contribution in [0.1, 0.15) is 84.1 Å². The summed E-state index contributed by atoms with van der Waals surface area (Å²) < 4.78 is 11.9. The number of esters is 1. The van der Waals surface area contributed by atoms with Crippen LogP contribution in [0.2, 0.25) is 0 Å². The molecule has 2 aliphatic rings. The summed E-state index contributed by atoms with van der Waals surface area (Å²) in [5, 5.41) is 33.9. The van der Waals surface area contributed by atoms with E-state index in [0.717, 1.165) is 29.7 Å². The van der Waals surface area contributed by atoms with Crippen molar-refractivity contribution in [3.8, 4) is 5.75 Å². The van der Waals surface area contributed by atoms with E-state index in [-0.39, 0.29) is 35.6 Å². The van der Waals surface area contributed by atoms with Crippen molar-refractivity contribution < 1.29 is 34.4 Å². The van der Waals surface area contributed by atoms with Crippen LogP contribution >= 0.6 is 11.3 Å². The summed E-state index contributed by atoms with van der Waals surface area (Å²) in [6.07, 6.45) is 1.55. The number of carbonyl (C=O) groups is 2. The molecule has 1 aromatic rings. The number of ketones is 1. The zero-order chi connectivity index (χ0) is 27.0. The highest BCUT2D eigenvalue weighted by Crippen LogP contribution is 2.45. The van der Waals surface area contributed by atoms with Gasteiger partial charge in [0, 0.05) is 28.2 Å². The van der Waals surface area contributed by atoms with Crippen molar-refractivity contribution in [1.29, 1.82) is 0 Å². The molecule has 0 aromatic carbocycles. The molecule has 0 unspecified atom stereocenters. The van der Waals surface area contributed by atoms with E-state index in [1.54, 1.807) is 20.8 Å². The number of epoxide rings is 1. The fourth-order valence-corrected chi connectivity index (χ4v) is 5.91. The Morgan fingerprint density at radius 3 is 2.47 bits per heavy atom. The fourth-order valence-electron chi connectivity index (χ4n) is 5.20. The number of fused-ring (bicyclic) bond motifs is 1. The highest BCUT2D eigenvalue weighted by molar-refractivity contribution is 7.10. The largest absolute Gasteiger partial charge is 0.506 e. The molecule has 202 valence electrons. The second-order valence-electron chi connectivity index (χ2n) is 11.6. The molecule has 0 amide bonds. The topological polar surface area (TPSA) is 117 Å². The number of aliphatic hydroxyl groups excluding tert-OH is 2. The SMILES string of the molecule is C/C(=C\c1csc(C)c1O)[C@@H]1C[C@@H]2O[C@]2(C)CCC[C@H](C)[C@H](O)[C@@H](C)C(=O)C(C)(C)[C@@H](O)CC(=O)O1. The van der Waals surface area contributed by atoms with E-state index in [9.17, 15) is 24.9 Å². The van der Waals surface area contributed by atoms with Crippen LogP contribution in [-0.2, 0) is 19.1 Å². The fraction of sp³-hybridized carbons (Fsp3) is 0.714. The summed E-state index contributed by atoms with van der Waals surface area (Å²) in [7, 11) is 0. The third kappa shape index (κ3) is 6.21. The molecule has 0 aliphatic carbocycles. The number of hydrogen-bond acceptors (Lipinski definition) is 8. The molecule has 3 heterocycles. The van der Waals surface area contributed by atoms with Crippen LogP contribution in [0, 0.1) is 24.2 Å². The van der Waals surface area contributed by atoms with Gasteiger partial charge in [0.2, 0.25) is 0 Å². The van der Waals surface area contributed by atoms with Crippen molar-refractivity contribution >= 4 is 29.2 Å². The van der Waals surface area contributed by atoms with Crippen molar-refractivity contribution in [2.75, 3.05) is 0 Å². The zero-order valence-electron chi connectivity index (χ0n) is 22.5. The van der Waals surface area contributed by atoms with E-state index in [1.807, 2.05) is 39.2 Å². The van der Waals surface area contributed by atoms with Crippen LogP contribution in [0.15, 0.2) is 11.0 Å². The third-order valence-electron chi connectivity index (χ3n) is 8.27. The number of thiophene rings is 1. The monoisotopic (exact) mass is 522 g/mol. The number of carbonyl (C=O) groups excluding carboxylic acids is 2. The van der Waals surface area contributed by atoms with E-state index < -0.39 is 35.6 Å². The van der Waals surface area contributed by atoms with Gasteiger partial charge in [-0.3, -0.25) is 9.59 Å². The van der Waals surface area contributed by atoms with Crippen LogP contribution in [0.25, 0.3) is 6.08 Å². The number of aliphatic hydroxyl groups is 2. The number of aromatic hydroxyl groups is 1. The average Bonchev–Trinajstić information content (AvgIpc) is 3.34. The van der Waals surface area contributed by atoms with Crippen LogP contribution in [0.5, 0.6) is 5.75 Å². The van der Waals surface area contributed by atoms with Gasteiger partial charge in [-0.1, -0.05) is 34.1 Å². The third-order valence-corrected chi connectivity index (χ3v) is 9.19. The van der Waals surface area contributed by atoms with E-state index in [4.69, 9.17) is 9.47 Å². The van der Waals surface area contributed by atoms with Gasteiger partial charge in [0.1, 0.15) is 17.6 Å². The molecule has 7 atom stereocenters. The molecule has 0 spiro atoms. The molecule has 3 rings (SSSR count). The number of cyclic esters (lactones) is 1. The molecule has 0 radical (unpaired) electrons. The maximum atomic E-state index is 13.2. The first-order chi connectivity index (χ1) is 16.7. The summed E-state index contributed by atoms with van der Waals surface area (Å²) in [6.45, 7) is 12.6. The molecule has 2 aliphatic heterocycles. The van der Waals surface area contributed by atoms with Gasteiger partial charge in [0.15, 0.2) is 0 Å². The number of hydrogen-bond donors (Lipinski definition) is 3. The quantitative estimate of drug-likeness (QED) is 0.378. The van der Waals surface area contributed by atoms with Crippen molar-refractivity contribution in [2.45, 2.75) is 111 Å². The minimum absolute atomic E-state index is 0.0877. The van der Waals surface area contributed by atoms with Crippen LogP contribution in [0.4, 0.5) is 0 Å². The molecule has 0 saturated carbocycles. The lowest BCUT2D eigenvalue weighted by Gasteiger charge is -2.34. The molecule has 3 N–H and O–H groups in total. The van der Waals surface area contributed by atoms with Gasteiger partial charge in [0.25, 0.3) is 0 Å². The summed E-state index contributed by atoms with van der Waals surface area (Å²) in [5.41, 5.74) is -0.123. The number of Topliss-reactive ketones (excluding diaryl/α,β-unsaturated/α-hetero) is 1. The second kappa shape index (κ2) is 10.9. The Morgan fingerprint density at radius 2 is 1.86 bits per heavy atom. The number of aryl methyl sites for hydroxylation is 1. The smallest absolute Gasteiger partial charge is 0.309 e. The first kappa shape index (κ1) is 28.8. The Bertz CT molecular complexity index is 996. The number of rotatable bonds is 2. The van der Waals surface area contributed by atoms with Crippen molar-refractivity contribution in [1.82, 2.24) is 0 Å². The molecule has 2 fully saturated rings. The van der Waals surface area contributed by atoms with E-state index in [2.05, 4.69) is 0 Å². The maximum Gasteiger partial charge on any atom is 0.309 e. The Balaban J connectivity index is 1.88. The minimum atomic E-state index is -1.26. The van der Waals surface area contributed by atoms with Crippen LogP contribution < -0.4 is 0 Å². The van der Waals surface area contributed by atoms with Gasteiger partial charge in [0.05, 0.1) is 35.7 Å². The Kier molecular flexibility index (Phi) is 8.76. The van der Waals surface area contributed by atoms with E-state index in [0.29, 0.717) is 12.0 Å². The molecular weight excluding hydrogens is 480 g/mol. The molecule has 2 saturated heterocycles. The lowest BCUT2D eigenvalue weighted by Crippen LogP contribution is -2.45. The van der Waals surface area contributed by atoms with Gasteiger partial charge in [-0.25, -0.2) is 0 Å². The van der Waals surface area contributed by atoms with Gasteiger partial charge >= 0.3 is 5.97 Å². The highest BCUT2D eigenvalue weighted by atomic mass is 32.1. The first-order valence-corrected chi connectivity index (χ1v) is 13.8. The predicted octanol–water partition coefficient (Wildman–Crippen LogP) is 4.79. The van der Waals surface area contributed by atoms with Crippen molar-refractivity contribution in [2.24, 2.45) is 17.3 Å². The van der Waals surface area contributed by atoms with E-state index in [1.165, 1.54) is 11.3 Å². The van der Waals surface area contributed by atoms with Crippen LogP contribution in [-0.4, -0.2) is 57.1 Å². The minimum Gasteiger partial charge on any atom is -0.506 e. The van der Waals surface area contributed by atoms with Gasteiger partial charge in [-0.2, -0.15) is 0 Å². The normalized spacial score (nSPS) is 36.8. The molecule has 7 nitrogen and oxygen atoms in total. The lowest BCUT2D eigenvalue weighted by atomic mass is 9.73. The molecular formula is C28H42O7S. The molecule has 1 aromatic heterocycles. The summed E-state index contributed by atoms with van der Waals surface area (Å²) in [4.78, 5) is 27.0. The van der Waals surface area contributed by atoms with Crippen molar-refractivity contribution in [3.05, 3.63) is 21.4 Å². The average molecular weight is 523 g/mol. The number of ether oxygens (including phenoxy) is 2. The standard InChI is InChI=1S/C28H42O7S/c1-15-9-8-10-28(7)22(35-28)12-20(16(2)11-19-14-36-18(4)25(19)32)34-23(30)13-21(29)27(5,6)26(33)17(3)24(15)31/h11,14-15,17,20-22,24,29,31-32H,8-10,12-13H2,1-7H3/b16-11+/t15-,17+,20-,21-,22-,24-,28+/m0/s1. The molecule has 36 heavy (non-hydrogen) atoms. The second-order valence-corrected chi connectivity index (χ2v) is 12.7. The Morgan fingerprint density at radius 1 is 1.19 bits per heavy atom. The summed E-state index contributed by atoms with van der Waals surface area (Å²) in [5.74, 6) is -1.43. The Labute approximate surface area is 218 Å².